The third kappa shape index (κ3) is 4.55. The number of rotatable bonds is 6. The van der Waals surface area contributed by atoms with Gasteiger partial charge in [-0.25, -0.2) is 0 Å². The van der Waals surface area contributed by atoms with Crippen molar-refractivity contribution in [2.45, 2.75) is 52.5 Å². The van der Waals surface area contributed by atoms with E-state index in [2.05, 4.69) is 27.4 Å². The molecule has 0 aliphatic rings. The largest absolute Gasteiger partial charge is 0.327 e. The van der Waals surface area contributed by atoms with Crippen LogP contribution in [-0.2, 0) is 0 Å². The lowest BCUT2D eigenvalue weighted by atomic mass is 9.92. The molecule has 0 spiro atoms. The van der Waals surface area contributed by atoms with Crippen LogP contribution in [0, 0.1) is 5.92 Å². The minimum atomic E-state index is 0.317. The Balaban J connectivity index is 3.69. The van der Waals surface area contributed by atoms with Crippen molar-refractivity contribution in [1.82, 2.24) is 0 Å². The fraction of sp³-hybridized carbons (Fsp3) is 0.818. The summed E-state index contributed by atoms with van der Waals surface area (Å²) in [5.74, 6) is 0.637. The lowest BCUT2D eigenvalue weighted by Gasteiger charge is -2.19. The monoisotopic (exact) mass is 169 g/mol. The molecular formula is C11H23N. The van der Waals surface area contributed by atoms with Crippen LogP contribution >= 0.6 is 0 Å². The normalized spacial score (nSPS) is 15.7. The van der Waals surface area contributed by atoms with E-state index in [1.165, 1.54) is 18.4 Å². The predicted molar refractivity (Wildman–Crippen MR) is 56.1 cm³/mol. The molecule has 0 heterocycles. The molecule has 0 bridgehead atoms. The van der Waals surface area contributed by atoms with Crippen molar-refractivity contribution >= 4 is 0 Å². The van der Waals surface area contributed by atoms with Gasteiger partial charge >= 0.3 is 0 Å². The van der Waals surface area contributed by atoms with Crippen molar-refractivity contribution in [2.24, 2.45) is 11.7 Å². The minimum Gasteiger partial charge on any atom is -0.327 e. The van der Waals surface area contributed by atoms with Crippen LogP contribution in [0.5, 0.6) is 0 Å². The van der Waals surface area contributed by atoms with E-state index in [4.69, 9.17) is 5.73 Å². The Morgan fingerprint density at radius 1 is 1.42 bits per heavy atom. The van der Waals surface area contributed by atoms with E-state index in [0.29, 0.717) is 12.0 Å². The van der Waals surface area contributed by atoms with Gasteiger partial charge in [-0.15, -0.1) is 0 Å². The first-order valence-electron chi connectivity index (χ1n) is 5.04. The van der Waals surface area contributed by atoms with Crippen molar-refractivity contribution in [1.29, 1.82) is 0 Å². The highest BCUT2D eigenvalue weighted by atomic mass is 14.6. The van der Waals surface area contributed by atoms with Crippen molar-refractivity contribution in [2.75, 3.05) is 0 Å². The maximum Gasteiger partial charge on any atom is 0.0102 e. The van der Waals surface area contributed by atoms with Crippen molar-refractivity contribution in [3.63, 3.8) is 0 Å². The maximum atomic E-state index is 6.02. The SMILES string of the molecule is C=C(CC)CC(N)C(C)CCC. The highest BCUT2D eigenvalue weighted by Crippen LogP contribution is 2.15. The van der Waals surface area contributed by atoms with Crippen LogP contribution in [0.3, 0.4) is 0 Å². The predicted octanol–water partition coefficient (Wildman–Crippen LogP) is 3.11. The molecule has 0 aromatic heterocycles. The van der Waals surface area contributed by atoms with Gasteiger partial charge in [0.25, 0.3) is 0 Å². The van der Waals surface area contributed by atoms with Gasteiger partial charge in [0.1, 0.15) is 0 Å². The van der Waals surface area contributed by atoms with Crippen LogP contribution in [0.1, 0.15) is 46.5 Å². The summed E-state index contributed by atoms with van der Waals surface area (Å²) in [6, 6.07) is 0.317. The van der Waals surface area contributed by atoms with Crippen molar-refractivity contribution < 1.29 is 0 Å². The molecule has 0 saturated carbocycles. The second-order valence-corrected chi connectivity index (χ2v) is 3.74. The van der Waals surface area contributed by atoms with Crippen LogP contribution in [0.4, 0.5) is 0 Å². The molecular weight excluding hydrogens is 146 g/mol. The van der Waals surface area contributed by atoms with Crippen LogP contribution in [-0.4, -0.2) is 6.04 Å². The van der Waals surface area contributed by atoms with Gasteiger partial charge in [0.15, 0.2) is 0 Å². The Bertz CT molecular complexity index is 129. The lowest BCUT2D eigenvalue weighted by molar-refractivity contribution is 0.417. The van der Waals surface area contributed by atoms with Gasteiger partial charge in [-0.1, -0.05) is 39.3 Å². The Morgan fingerprint density at radius 2 is 2.00 bits per heavy atom. The molecule has 0 aliphatic carbocycles. The average Bonchev–Trinajstić information content (AvgIpc) is 2.04. The summed E-state index contributed by atoms with van der Waals surface area (Å²) in [7, 11) is 0. The quantitative estimate of drug-likeness (QED) is 0.607. The summed E-state index contributed by atoms with van der Waals surface area (Å²) in [4.78, 5) is 0. The summed E-state index contributed by atoms with van der Waals surface area (Å²) in [5, 5.41) is 0. The molecule has 1 heteroatoms. The minimum absolute atomic E-state index is 0.317. The third-order valence-corrected chi connectivity index (χ3v) is 2.50. The van der Waals surface area contributed by atoms with Crippen molar-refractivity contribution in [3.8, 4) is 0 Å². The molecule has 72 valence electrons. The zero-order valence-electron chi connectivity index (χ0n) is 8.77. The van der Waals surface area contributed by atoms with Gasteiger partial charge in [0.05, 0.1) is 0 Å². The fourth-order valence-electron chi connectivity index (χ4n) is 1.35. The molecule has 2 unspecified atom stereocenters. The molecule has 0 rings (SSSR count). The van der Waals surface area contributed by atoms with E-state index in [0.717, 1.165) is 12.8 Å². The Kier molecular flexibility index (Phi) is 6.09. The van der Waals surface area contributed by atoms with Gasteiger partial charge in [-0.2, -0.15) is 0 Å². The first kappa shape index (κ1) is 11.7. The molecule has 2 N–H and O–H groups in total. The van der Waals surface area contributed by atoms with Gasteiger partial charge in [0, 0.05) is 6.04 Å². The standard InChI is InChI=1S/C11H23N/c1-5-7-10(4)11(12)8-9(3)6-2/h10-11H,3,5-8,12H2,1-2,4H3. The molecule has 0 saturated heterocycles. The second-order valence-electron chi connectivity index (χ2n) is 3.74. The third-order valence-electron chi connectivity index (χ3n) is 2.50. The molecule has 0 aromatic carbocycles. The summed E-state index contributed by atoms with van der Waals surface area (Å²) >= 11 is 0. The van der Waals surface area contributed by atoms with E-state index < -0.39 is 0 Å². The molecule has 0 aromatic rings. The Labute approximate surface area is 77.0 Å². The van der Waals surface area contributed by atoms with E-state index in [-0.39, 0.29) is 0 Å². The van der Waals surface area contributed by atoms with Crippen LogP contribution in [0.2, 0.25) is 0 Å². The second kappa shape index (κ2) is 6.24. The van der Waals surface area contributed by atoms with Crippen LogP contribution in [0.15, 0.2) is 12.2 Å². The highest BCUT2D eigenvalue weighted by Gasteiger charge is 2.11. The first-order valence-corrected chi connectivity index (χ1v) is 5.04. The topological polar surface area (TPSA) is 26.0 Å². The summed E-state index contributed by atoms with van der Waals surface area (Å²) in [6.45, 7) is 10.6. The molecule has 12 heavy (non-hydrogen) atoms. The Hall–Kier alpha value is -0.300. The average molecular weight is 169 g/mol. The van der Waals surface area contributed by atoms with E-state index in [1.54, 1.807) is 0 Å². The molecule has 2 atom stereocenters. The highest BCUT2D eigenvalue weighted by molar-refractivity contribution is 4.96. The van der Waals surface area contributed by atoms with Gasteiger partial charge in [0.2, 0.25) is 0 Å². The molecule has 0 radical (unpaired) electrons. The summed E-state index contributed by atoms with van der Waals surface area (Å²) in [6.07, 6.45) is 4.52. The smallest absolute Gasteiger partial charge is 0.0102 e. The van der Waals surface area contributed by atoms with Crippen LogP contribution in [0.25, 0.3) is 0 Å². The number of hydrogen-bond donors (Lipinski definition) is 1. The van der Waals surface area contributed by atoms with E-state index >= 15 is 0 Å². The molecule has 0 aliphatic heterocycles. The number of hydrogen-bond acceptors (Lipinski definition) is 1. The summed E-state index contributed by atoms with van der Waals surface area (Å²) in [5.41, 5.74) is 7.30. The molecule has 1 nitrogen and oxygen atoms in total. The van der Waals surface area contributed by atoms with Crippen LogP contribution < -0.4 is 5.73 Å². The first-order chi connectivity index (χ1) is 5.61. The number of nitrogens with two attached hydrogens (primary N) is 1. The van der Waals surface area contributed by atoms with Gasteiger partial charge < -0.3 is 5.73 Å². The maximum absolute atomic E-state index is 6.02. The fourth-order valence-corrected chi connectivity index (χ4v) is 1.35. The van der Waals surface area contributed by atoms with Gasteiger partial charge in [-0.05, 0) is 25.2 Å². The molecule has 0 fully saturated rings. The van der Waals surface area contributed by atoms with Gasteiger partial charge in [-0.3, -0.25) is 0 Å². The van der Waals surface area contributed by atoms with Crippen molar-refractivity contribution in [3.05, 3.63) is 12.2 Å². The zero-order chi connectivity index (χ0) is 9.56. The Morgan fingerprint density at radius 3 is 2.42 bits per heavy atom. The lowest BCUT2D eigenvalue weighted by Crippen LogP contribution is -2.28. The summed E-state index contributed by atoms with van der Waals surface area (Å²) < 4.78 is 0. The zero-order valence-corrected chi connectivity index (χ0v) is 8.77. The van der Waals surface area contributed by atoms with E-state index in [1.807, 2.05) is 0 Å². The molecule has 0 amide bonds. The van der Waals surface area contributed by atoms with E-state index in [9.17, 15) is 0 Å².